The summed E-state index contributed by atoms with van der Waals surface area (Å²) in [5.41, 5.74) is 5.29. The second kappa shape index (κ2) is 7.63. The number of likely N-dealkylation sites (N-methyl/N-ethyl adjacent to an activating group) is 1. The van der Waals surface area contributed by atoms with Gasteiger partial charge in [-0.3, -0.25) is 4.79 Å². The predicted octanol–water partition coefficient (Wildman–Crippen LogP) is 3.28. The van der Waals surface area contributed by atoms with Gasteiger partial charge in [-0.2, -0.15) is 0 Å². The van der Waals surface area contributed by atoms with Gasteiger partial charge < -0.3 is 19.8 Å². The van der Waals surface area contributed by atoms with Gasteiger partial charge in [0.1, 0.15) is 5.82 Å². The Kier molecular flexibility index (Phi) is 4.78. The Morgan fingerprint density at radius 3 is 2.48 bits per heavy atom. The van der Waals surface area contributed by atoms with Crippen molar-refractivity contribution in [1.29, 1.82) is 0 Å². The molecular weight excluding hydrogens is 390 g/mol. The van der Waals surface area contributed by atoms with Crippen molar-refractivity contribution in [1.82, 2.24) is 29.8 Å². The molecule has 4 aromatic rings. The van der Waals surface area contributed by atoms with E-state index in [4.69, 9.17) is 4.98 Å². The molecule has 0 unspecified atom stereocenters. The minimum absolute atomic E-state index is 0.0172. The van der Waals surface area contributed by atoms with Crippen molar-refractivity contribution in [3.8, 4) is 22.6 Å². The van der Waals surface area contributed by atoms with Crippen molar-refractivity contribution in [2.75, 3.05) is 38.1 Å². The van der Waals surface area contributed by atoms with Gasteiger partial charge in [-0.15, -0.1) is 0 Å². The van der Waals surface area contributed by atoms with Crippen molar-refractivity contribution < 1.29 is 4.79 Å². The minimum Gasteiger partial charge on any atom is -0.355 e. The average Bonchev–Trinajstić information content (AvgIpc) is 3.35. The number of ketones is 1. The SMILES string of the molecule is CC(=O)c1c(C)[nH]c(-c2nc3ncc(N4CCN(C)CC4)nc3[nH]2)c1-c1ccccc1. The van der Waals surface area contributed by atoms with Gasteiger partial charge in [-0.25, -0.2) is 15.0 Å². The van der Waals surface area contributed by atoms with Gasteiger partial charge in [0.25, 0.3) is 0 Å². The summed E-state index contributed by atoms with van der Waals surface area (Å²) in [7, 11) is 2.13. The maximum Gasteiger partial charge on any atom is 0.197 e. The highest BCUT2D eigenvalue weighted by molar-refractivity contribution is 6.05. The number of H-pyrrole nitrogens is 2. The lowest BCUT2D eigenvalue weighted by molar-refractivity contribution is 0.101. The Labute approximate surface area is 180 Å². The number of carbonyl (C=O) groups excluding carboxylic acids is 1. The number of hydrogen-bond donors (Lipinski definition) is 2. The molecule has 158 valence electrons. The van der Waals surface area contributed by atoms with Gasteiger partial charge in [0, 0.05) is 43.0 Å². The standard InChI is InChI=1S/C23H25N7O/c1-14-18(15(2)31)19(16-7-5-4-6-8-16)20(25-14)21-27-22-23(28-21)26-17(13-24-22)30-11-9-29(3)10-12-30/h4-8,13,25H,9-12H2,1-3H3,(H,24,26,27,28). The molecule has 1 saturated heterocycles. The minimum atomic E-state index is 0.0172. The van der Waals surface area contributed by atoms with Gasteiger partial charge in [0.05, 0.1) is 11.9 Å². The van der Waals surface area contributed by atoms with Crippen LogP contribution in [-0.4, -0.2) is 68.8 Å². The fourth-order valence-electron chi connectivity index (χ4n) is 4.23. The second-order valence-corrected chi connectivity index (χ2v) is 8.07. The molecule has 3 aromatic heterocycles. The van der Waals surface area contributed by atoms with Crippen molar-refractivity contribution in [2.45, 2.75) is 13.8 Å². The van der Waals surface area contributed by atoms with E-state index in [9.17, 15) is 4.79 Å². The molecule has 0 atom stereocenters. The third-order valence-electron chi connectivity index (χ3n) is 5.86. The maximum atomic E-state index is 12.4. The van der Waals surface area contributed by atoms with Crippen LogP contribution in [0.3, 0.4) is 0 Å². The lowest BCUT2D eigenvalue weighted by atomic mass is 9.98. The van der Waals surface area contributed by atoms with Crippen LogP contribution >= 0.6 is 0 Å². The van der Waals surface area contributed by atoms with Gasteiger partial charge in [-0.1, -0.05) is 30.3 Å². The molecule has 0 aliphatic carbocycles. The second-order valence-electron chi connectivity index (χ2n) is 8.07. The molecule has 2 N–H and O–H groups in total. The van der Waals surface area contributed by atoms with Gasteiger partial charge in [0.2, 0.25) is 0 Å². The first kappa shape index (κ1) is 19.4. The number of nitrogens with zero attached hydrogens (tertiary/aromatic N) is 5. The zero-order valence-electron chi connectivity index (χ0n) is 17.9. The van der Waals surface area contributed by atoms with E-state index in [0.29, 0.717) is 22.7 Å². The molecule has 5 rings (SSSR count). The maximum absolute atomic E-state index is 12.4. The van der Waals surface area contributed by atoms with Crippen LogP contribution in [0.1, 0.15) is 23.0 Å². The molecule has 0 radical (unpaired) electrons. The highest BCUT2D eigenvalue weighted by atomic mass is 16.1. The number of benzene rings is 1. The molecule has 31 heavy (non-hydrogen) atoms. The van der Waals surface area contributed by atoms with E-state index >= 15 is 0 Å². The zero-order chi connectivity index (χ0) is 21.5. The smallest absolute Gasteiger partial charge is 0.197 e. The summed E-state index contributed by atoms with van der Waals surface area (Å²) in [5.74, 6) is 1.50. The summed E-state index contributed by atoms with van der Waals surface area (Å²) in [6.07, 6.45) is 1.79. The zero-order valence-corrected chi connectivity index (χ0v) is 17.9. The predicted molar refractivity (Wildman–Crippen MR) is 121 cm³/mol. The van der Waals surface area contributed by atoms with Crippen molar-refractivity contribution in [2.24, 2.45) is 0 Å². The third-order valence-corrected chi connectivity index (χ3v) is 5.86. The normalized spacial score (nSPS) is 15.0. The lowest BCUT2D eigenvalue weighted by Crippen LogP contribution is -2.44. The number of nitrogens with one attached hydrogen (secondary N) is 2. The highest BCUT2D eigenvalue weighted by Crippen LogP contribution is 2.36. The molecule has 8 heteroatoms. The summed E-state index contributed by atoms with van der Waals surface area (Å²) in [4.78, 5) is 37.7. The van der Waals surface area contributed by atoms with E-state index < -0.39 is 0 Å². The summed E-state index contributed by atoms with van der Waals surface area (Å²) in [5, 5.41) is 0. The van der Waals surface area contributed by atoms with Crippen molar-refractivity contribution in [3.05, 3.63) is 47.8 Å². The third kappa shape index (κ3) is 3.48. The molecule has 1 aliphatic heterocycles. The molecule has 1 aliphatic rings. The van der Waals surface area contributed by atoms with E-state index in [0.717, 1.165) is 54.5 Å². The van der Waals surface area contributed by atoms with Crippen LogP contribution in [0.4, 0.5) is 5.82 Å². The van der Waals surface area contributed by atoms with Crippen LogP contribution in [0.15, 0.2) is 36.5 Å². The first-order valence-corrected chi connectivity index (χ1v) is 10.5. The number of imidazole rings is 1. The Hall–Kier alpha value is -3.52. The number of aromatic nitrogens is 5. The number of anilines is 1. The molecule has 0 amide bonds. The largest absolute Gasteiger partial charge is 0.355 e. The number of carbonyl (C=O) groups is 1. The van der Waals surface area contributed by atoms with E-state index in [2.05, 4.69) is 36.8 Å². The fraction of sp³-hybridized carbons (Fsp3) is 0.304. The van der Waals surface area contributed by atoms with Crippen LogP contribution in [-0.2, 0) is 0 Å². The van der Waals surface area contributed by atoms with Gasteiger partial charge in [0.15, 0.2) is 22.9 Å². The number of piperazine rings is 1. The first-order valence-electron chi connectivity index (χ1n) is 10.5. The Bertz CT molecular complexity index is 1250. The van der Waals surface area contributed by atoms with E-state index in [1.807, 2.05) is 37.3 Å². The van der Waals surface area contributed by atoms with Gasteiger partial charge in [-0.05, 0) is 26.5 Å². The van der Waals surface area contributed by atoms with Crippen LogP contribution < -0.4 is 4.90 Å². The number of aromatic amines is 2. The lowest BCUT2D eigenvalue weighted by Gasteiger charge is -2.32. The van der Waals surface area contributed by atoms with E-state index in [1.54, 1.807) is 13.1 Å². The first-order chi connectivity index (χ1) is 15.0. The van der Waals surface area contributed by atoms with Crippen LogP contribution in [0.25, 0.3) is 33.9 Å². The van der Waals surface area contributed by atoms with Crippen LogP contribution in [0.2, 0.25) is 0 Å². The topological polar surface area (TPSA) is 93.8 Å². The Morgan fingerprint density at radius 1 is 1.03 bits per heavy atom. The average molecular weight is 416 g/mol. The molecule has 0 spiro atoms. The van der Waals surface area contributed by atoms with Crippen molar-refractivity contribution >= 4 is 22.9 Å². The Balaban J connectivity index is 1.60. The molecule has 1 fully saturated rings. The number of Topliss-reactive ketones (excluding diaryl/α,β-unsaturated/α-hetero) is 1. The highest BCUT2D eigenvalue weighted by Gasteiger charge is 2.23. The number of hydrogen-bond acceptors (Lipinski definition) is 6. The summed E-state index contributed by atoms with van der Waals surface area (Å²) in [6.45, 7) is 7.36. The molecular formula is C23H25N7O. The summed E-state index contributed by atoms with van der Waals surface area (Å²) >= 11 is 0. The van der Waals surface area contributed by atoms with Crippen LogP contribution in [0, 0.1) is 6.92 Å². The molecule has 8 nitrogen and oxygen atoms in total. The summed E-state index contributed by atoms with van der Waals surface area (Å²) < 4.78 is 0. The summed E-state index contributed by atoms with van der Waals surface area (Å²) in [6, 6.07) is 9.91. The van der Waals surface area contributed by atoms with Crippen molar-refractivity contribution in [3.63, 3.8) is 0 Å². The molecule has 4 heterocycles. The molecule has 0 bridgehead atoms. The Morgan fingerprint density at radius 2 is 1.77 bits per heavy atom. The van der Waals surface area contributed by atoms with E-state index in [-0.39, 0.29) is 5.78 Å². The van der Waals surface area contributed by atoms with E-state index in [1.165, 1.54) is 0 Å². The number of aryl methyl sites for hydroxylation is 1. The number of rotatable bonds is 4. The van der Waals surface area contributed by atoms with Gasteiger partial charge >= 0.3 is 0 Å². The molecule has 1 aromatic carbocycles. The fourth-order valence-corrected chi connectivity index (χ4v) is 4.23. The van der Waals surface area contributed by atoms with Crippen LogP contribution in [0.5, 0.6) is 0 Å². The quantitative estimate of drug-likeness (QED) is 0.497. The monoisotopic (exact) mass is 415 g/mol. The molecule has 0 saturated carbocycles. The number of fused-ring (bicyclic) bond motifs is 1.